The highest BCUT2D eigenvalue weighted by Crippen LogP contribution is 2.27. The second-order valence-electron chi connectivity index (χ2n) is 6.49. The standard InChI is InChI=1S/C18H28N2O/c1-14-8-10-17(11-9-14)20(2)18(21)16(13-19)12-15-6-4-3-5-7-15/h3-7,14,16-17H,8-13,19H2,1-2H3. The fraction of sp³-hybridized carbons (Fsp3) is 0.611. The monoisotopic (exact) mass is 288 g/mol. The highest BCUT2D eigenvalue weighted by Gasteiger charge is 2.28. The lowest BCUT2D eigenvalue weighted by Crippen LogP contribution is -2.44. The van der Waals surface area contributed by atoms with Crippen LogP contribution in [0.25, 0.3) is 0 Å². The molecule has 0 heterocycles. The molecule has 0 aromatic heterocycles. The summed E-state index contributed by atoms with van der Waals surface area (Å²) in [6.07, 6.45) is 5.46. The number of carbonyl (C=O) groups excluding carboxylic acids is 1. The molecule has 0 spiro atoms. The molecule has 21 heavy (non-hydrogen) atoms. The first-order chi connectivity index (χ1) is 10.1. The van der Waals surface area contributed by atoms with Crippen LogP contribution in [-0.4, -0.2) is 30.4 Å². The summed E-state index contributed by atoms with van der Waals surface area (Å²) in [7, 11) is 1.96. The summed E-state index contributed by atoms with van der Waals surface area (Å²) >= 11 is 0. The van der Waals surface area contributed by atoms with Crippen molar-refractivity contribution in [2.24, 2.45) is 17.6 Å². The van der Waals surface area contributed by atoms with Crippen LogP contribution in [0.15, 0.2) is 30.3 Å². The number of amides is 1. The average Bonchev–Trinajstić information content (AvgIpc) is 2.53. The minimum Gasteiger partial charge on any atom is -0.342 e. The first-order valence-electron chi connectivity index (χ1n) is 8.12. The van der Waals surface area contributed by atoms with Gasteiger partial charge in [0.1, 0.15) is 0 Å². The molecule has 1 aliphatic carbocycles. The van der Waals surface area contributed by atoms with Crippen molar-refractivity contribution in [3.63, 3.8) is 0 Å². The third-order valence-corrected chi connectivity index (χ3v) is 4.84. The van der Waals surface area contributed by atoms with Crippen molar-refractivity contribution in [2.75, 3.05) is 13.6 Å². The van der Waals surface area contributed by atoms with E-state index >= 15 is 0 Å². The lowest BCUT2D eigenvalue weighted by molar-refractivity contribution is -0.136. The van der Waals surface area contributed by atoms with Gasteiger partial charge < -0.3 is 10.6 Å². The number of hydrogen-bond acceptors (Lipinski definition) is 2. The number of nitrogens with two attached hydrogens (primary N) is 1. The first kappa shape index (κ1) is 16.0. The topological polar surface area (TPSA) is 46.3 Å². The van der Waals surface area contributed by atoms with Gasteiger partial charge in [-0.25, -0.2) is 0 Å². The van der Waals surface area contributed by atoms with E-state index in [9.17, 15) is 4.79 Å². The third kappa shape index (κ3) is 4.31. The van der Waals surface area contributed by atoms with Crippen LogP contribution in [0.1, 0.15) is 38.2 Å². The molecule has 1 aromatic carbocycles. The molecule has 1 amide bonds. The Balaban J connectivity index is 1.95. The molecular weight excluding hydrogens is 260 g/mol. The number of hydrogen-bond donors (Lipinski definition) is 1. The minimum atomic E-state index is -0.100. The predicted octanol–water partition coefficient (Wildman–Crippen LogP) is 2.84. The largest absolute Gasteiger partial charge is 0.342 e. The summed E-state index contributed by atoms with van der Waals surface area (Å²) in [6, 6.07) is 10.6. The molecule has 1 saturated carbocycles. The number of benzene rings is 1. The van der Waals surface area contributed by atoms with Crippen molar-refractivity contribution in [1.82, 2.24) is 4.90 Å². The first-order valence-corrected chi connectivity index (χ1v) is 8.12. The van der Waals surface area contributed by atoms with Crippen molar-refractivity contribution >= 4 is 5.91 Å². The van der Waals surface area contributed by atoms with E-state index in [2.05, 4.69) is 19.1 Å². The molecule has 3 heteroatoms. The van der Waals surface area contributed by atoms with Crippen LogP contribution in [0.2, 0.25) is 0 Å². The molecule has 116 valence electrons. The van der Waals surface area contributed by atoms with Crippen LogP contribution >= 0.6 is 0 Å². The van der Waals surface area contributed by atoms with Crippen LogP contribution in [0, 0.1) is 11.8 Å². The Morgan fingerprint density at radius 2 is 1.86 bits per heavy atom. The molecular formula is C18H28N2O. The van der Waals surface area contributed by atoms with Gasteiger partial charge in [0.2, 0.25) is 5.91 Å². The van der Waals surface area contributed by atoms with Crippen molar-refractivity contribution in [3.8, 4) is 0 Å². The van der Waals surface area contributed by atoms with Crippen molar-refractivity contribution < 1.29 is 4.79 Å². The van der Waals surface area contributed by atoms with Crippen LogP contribution in [0.3, 0.4) is 0 Å². The predicted molar refractivity (Wildman–Crippen MR) is 86.9 cm³/mol. The zero-order valence-corrected chi connectivity index (χ0v) is 13.3. The normalized spacial score (nSPS) is 23.6. The highest BCUT2D eigenvalue weighted by molar-refractivity contribution is 5.79. The zero-order chi connectivity index (χ0) is 15.2. The average molecular weight is 288 g/mol. The van der Waals surface area contributed by atoms with Gasteiger partial charge in [0.05, 0.1) is 5.92 Å². The molecule has 1 aromatic rings. The van der Waals surface area contributed by atoms with Gasteiger partial charge in [-0.15, -0.1) is 0 Å². The van der Waals surface area contributed by atoms with Gasteiger partial charge in [-0.3, -0.25) is 4.79 Å². The fourth-order valence-electron chi connectivity index (χ4n) is 3.27. The quantitative estimate of drug-likeness (QED) is 0.905. The smallest absolute Gasteiger partial charge is 0.227 e. The maximum atomic E-state index is 12.7. The van der Waals surface area contributed by atoms with E-state index in [4.69, 9.17) is 5.73 Å². The summed E-state index contributed by atoms with van der Waals surface area (Å²) in [5.41, 5.74) is 7.05. The summed E-state index contributed by atoms with van der Waals surface area (Å²) in [6.45, 7) is 2.72. The molecule has 2 N–H and O–H groups in total. The van der Waals surface area contributed by atoms with Crippen LogP contribution in [0.5, 0.6) is 0 Å². The number of carbonyl (C=O) groups is 1. The molecule has 1 unspecified atom stereocenters. The summed E-state index contributed by atoms with van der Waals surface area (Å²) in [4.78, 5) is 14.7. The SMILES string of the molecule is CC1CCC(N(C)C(=O)C(CN)Cc2ccccc2)CC1. The molecule has 1 aliphatic rings. The second-order valence-corrected chi connectivity index (χ2v) is 6.49. The van der Waals surface area contributed by atoms with Crippen molar-refractivity contribution in [2.45, 2.75) is 45.1 Å². The molecule has 0 radical (unpaired) electrons. The Kier molecular flexibility index (Phi) is 5.80. The van der Waals surface area contributed by atoms with E-state index in [0.717, 1.165) is 25.2 Å². The summed E-state index contributed by atoms with van der Waals surface area (Å²) < 4.78 is 0. The molecule has 0 bridgehead atoms. The van der Waals surface area contributed by atoms with Crippen molar-refractivity contribution in [3.05, 3.63) is 35.9 Å². The molecule has 1 atom stereocenters. The molecule has 1 fully saturated rings. The summed E-state index contributed by atoms with van der Waals surface area (Å²) in [5.74, 6) is 0.914. The van der Waals surface area contributed by atoms with Gasteiger partial charge in [-0.2, -0.15) is 0 Å². The number of rotatable bonds is 5. The van der Waals surface area contributed by atoms with Crippen molar-refractivity contribution in [1.29, 1.82) is 0 Å². The van der Waals surface area contributed by atoms with Gasteiger partial charge in [0.15, 0.2) is 0 Å². The summed E-state index contributed by atoms with van der Waals surface area (Å²) in [5, 5.41) is 0. The van der Waals surface area contributed by atoms with Gasteiger partial charge in [-0.05, 0) is 43.6 Å². The lowest BCUT2D eigenvalue weighted by atomic mass is 9.86. The Bertz CT molecular complexity index is 438. The van der Waals surface area contributed by atoms with Gasteiger partial charge in [0.25, 0.3) is 0 Å². The lowest BCUT2D eigenvalue weighted by Gasteiger charge is -2.35. The van der Waals surface area contributed by atoms with E-state index in [1.807, 2.05) is 30.1 Å². The Hall–Kier alpha value is -1.35. The zero-order valence-electron chi connectivity index (χ0n) is 13.3. The van der Waals surface area contributed by atoms with Gasteiger partial charge in [0, 0.05) is 19.6 Å². The maximum absolute atomic E-state index is 12.7. The van der Waals surface area contributed by atoms with E-state index < -0.39 is 0 Å². The second kappa shape index (κ2) is 7.60. The highest BCUT2D eigenvalue weighted by atomic mass is 16.2. The minimum absolute atomic E-state index is 0.100. The van der Waals surface area contributed by atoms with Gasteiger partial charge in [-0.1, -0.05) is 37.3 Å². The van der Waals surface area contributed by atoms with E-state index in [-0.39, 0.29) is 11.8 Å². The van der Waals surface area contributed by atoms with E-state index in [1.165, 1.54) is 18.4 Å². The maximum Gasteiger partial charge on any atom is 0.227 e. The Labute approximate surface area is 128 Å². The van der Waals surface area contributed by atoms with Gasteiger partial charge >= 0.3 is 0 Å². The van der Waals surface area contributed by atoms with Crippen LogP contribution in [-0.2, 0) is 11.2 Å². The Morgan fingerprint density at radius 1 is 1.24 bits per heavy atom. The fourth-order valence-corrected chi connectivity index (χ4v) is 3.27. The van der Waals surface area contributed by atoms with E-state index in [1.54, 1.807) is 0 Å². The Morgan fingerprint density at radius 3 is 2.43 bits per heavy atom. The molecule has 3 nitrogen and oxygen atoms in total. The molecule has 0 aliphatic heterocycles. The van der Waals surface area contributed by atoms with Crippen LogP contribution in [0.4, 0.5) is 0 Å². The molecule has 0 saturated heterocycles. The number of nitrogens with zero attached hydrogens (tertiary/aromatic N) is 1. The van der Waals surface area contributed by atoms with E-state index in [0.29, 0.717) is 12.6 Å². The third-order valence-electron chi connectivity index (χ3n) is 4.84. The van der Waals surface area contributed by atoms with Crippen LogP contribution < -0.4 is 5.73 Å². The molecule has 2 rings (SSSR count).